The van der Waals surface area contributed by atoms with Gasteiger partial charge in [0.15, 0.2) is 5.96 Å². The van der Waals surface area contributed by atoms with Gasteiger partial charge in [0.1, 0.15) is 5.82 Å². The minimum atomic E-state index is 0.0414. The second-order valence-electron chi connectivity index (χ2n) is 8.39. The van der Waals surface area contributed by atoms with Crippen molar-refractivity contribution >= 4 is 5.96 Å². The summed E-state index contributed by atoms with van der Waals surface area (Å²) in [4.78, 5) is 16.8. The molecule has 8 heteroatoms. The third-order valence-corrected chi connectivity index (χ3v) is 6.37. The second kappa shape index (κ2) is 10.8. The molecule has 0 aromatic carbocycles. The van der Waals surface area contributed by atoms with Gasteiger partial charge in [-0.2, -0.15) is 5.10 Å². The Bertz CT molecular complexity index is 717. The molecule has 3 rings (SSSR count). The zero-order valence-electron chi connectivity index (χ0n) is 18.2. The minimum absolute atomic E-state index is 0.0414. The molecule has 1 saturated carbocycles. The maximum absolute atomic E-state index is 12.4. The summed E-state index contributed by atoms with van der Waals surface area (Å²) >= 11 is 0. The van der Waals surface area contributed by atoms with Crippen LogP contribution < -0.4 is 16.3 Å². The molecule has 0 bridgehead atoms. The van der Waals surface area contributed by atoms with Crippen molar-refractivity contribution in [3.8, 4) is 0 Å². The molecule has 164 valence electrons. The van der Waals surface area contributed by atoms with Crippen molar-refractivity contribution in [2.24, 2.45) is 10.4 Å². The van der Waals surface area contributed by atoms with E-state index in [2.05, 4.69) is 27.6 Å². The average molecular weight is 407 g/mol. The van der Waals surface area contributed by atoms with Gasteiger partial charge in [0.2, 0.25) is 0 Å². The van der Waals surface area contributed by atoms with E-state index >= 15 is 0 Å². The fourth-order valence-electron chi connectivity index (χ4n) is 4.59. The highest BCUT2D eigenvalue weighted by molar-refractivity contribution is 5.79. The lowest BCUT2D eigenvalue weighted by atomic mass is 9.83. The van der Waals surface area contributed by atoms with Gasteiger partial charge in [-0.25, -0.2) is 9.48 Å². The molecule has 0 amide bonds. The summed E-state index contributed by atoms with van der Waals surface area (Å²) in [5.74, 6) is 1.78. The number of nitrogens with one attached hydrogen (secondary N) is 2. The smallest absolute Gasteiger partial charge is 0.345 e. The topological polar surface area (TPSA) is 85.5 Å². The van der Waals surface area contributed by atoms with Gasteiger partial charge in [-0.05, 0) is 50.9 Å². The van der Waals surface area contributed by atoms with E-state index in [9.17, 15) is 4.79 Å². The maximum atomic E-state index is 12.4. The number of aliphatic imine (C=N–C) groups is 1. The predicted molar refractivity (Wildman–Crippen MR) is 115 cm³/mol. The van der Waals surface area contributed by atoms with E-state index in [1.165, 1.54) is 25.7 Å². The number of rotatable bonds is 10. The van der Waals surface area contributed by atoms with Crippen LogP contribution in [0.4, 0.5) is 0 Å². The molecule has 0 radical (unpaired) electrons. The molecule has 0 unspecified atom stereocenters. The Morgan fingerprint density at radius 1 is 1.24 bits per heavy atom. The van der Waals surface area contributed by atoms with Crippen LogP contribution in [0, 0.1) is 5.41 Å². The van der Waals surface area contributed by atoms with Crippen LogP contribution in [-0.4, -0.2) is 53.7 Å². The van der Waals surface area contributed by atoms with E-state index in [0.717, 1.165) is 76.7 Å². The molecule has 2 aliphatic rings. The molecule has 1 aliphatic heterocycles. The van der Waals surface area contributed by atoms with E-state index in [0.29, 0.717) is 12.0 Å². The monoisotopic (exact) mass is 406 g/mol. The summed E-state index contributed by atoms with van der Waals surface area (Å²) in [7, 11) is 1.81. The third-order valence-electron chi connectivity index (χ3n) is 6.37. The van der Waals surface area contributed by atoms with Crippen LogP contribution in [0.1, 0.15) is 64.1 Å². The lowest BCUT2D eigenvalue weighted by Crippen LogP contribution is -2.43. The largest absolute Gasteiger partial charge is 0.382 e. The number of fused-ring (bicyclic) bond motifs is 1. The molecule has 2 N–H and O–H groups in total. The van der Waals surface area contributed by atoms with Gasteiger partial charge in [-0.15, -0.1) is 0 Å². The zero-order valence-corrected chi connectivity index (χ0v) is 18.2. The first-order chi connectivity index (χ1) is 14.2. The van der Waals surface area contributed by atoms with E-state index < -0.39 is 0 Å². The lowest BCUT2D eigenvalue weighted by molar-refractivity contribution is 0.105. The Balaban J connectivity index is 1.41. The van der Waals surface area contributed by atoms with E-state index in [1.54, 1.807) is 4.68 Å². The third kappa shape index (κ3) is 5.84. The van der Waals surface area contributed by atoms with Gasteiger partial charge in [-0.1, -0.05) is 12.8 Å². The number of aromatic nitrogens is 3. The normalized spacial score (nSPS) is 18.6. The molecule has 0 saturated heterocycles. The van der Waals surface area contributed by atoms with Crippen molar-refractivity contribution < 1.29 is 4.74 Å². The number of nitrogens with zero attached hydrogens (tertiary/aromatic N) is 4. The molecule has 29 heavy (non-hydrogen) atoms. The van der Waals surface area contributed by atoms with Crippen molar-refractivity contribution in [2.75, 3.05) is 33.4 Å². The van der Waals surface area contributed by atoms with Crippen LogP contribution >= 0.6 is 0 Å². The van der Waals surface area contributed by atoms with Gasteiger partial charge in [0, 0.05) is 52.9 Å². The van der Waals surface area contributed by atoms with Crippen LogP contribution in [-0.2, 0) is 24.2 Å². The van der Waals surface area contributed by atoms with E-state index in [1.807, 2.05) is 11.6 Å². The zero-order chi connectivity index (χ0) is 20.5. The number of aryl methyl sites for hydroxylation is 2. The highest BCUT2D eigenvalue weighted by atomic mass is 16.5. The Labute approximate surface area is 174 Å². The summed E-state index contributed by atoms with van der Waals surface area (Å²) in [6, 6.07) is 0. The van der Waals surface area contributed by atoms with Crippen LogP contribution in [0.3, 0.4) is 0 Å². The van der Waals surface area contributed by atoms with Crippen molar-refractivity contribution in [2.45, 2.75) is 77.8 Å². The molecule has 0 spiro atoms. The molecule has 1 fully saturated rings. The van der Waals surface area contributed by atoms with Crippen LogP contribution in [0.5, 0.6) is 0 Å². The summed E-state index contributed by atoms with van der Waals surface area (Å²) in [5, 5.41) is 11.4. The van der Waals surface area contributed by atoms with E-state index in [-0.39, 0.29) is 5.69 Å². The number of hydrogen-bond acceptors (Lipinski definition) is 4. The standard InChI is InChI=1S/C21H38N6O2/c1-3-29-16-12-21(10-5-6-11-21)17-24-19(22-2)23-13-8-15-27-20(28)26-14-7-4-9-18(26)25-27/h3-17H2,1-2H3,(H2,22,23,24). The molecule has 1 aromatic rings. The van der Waals surface area contributed by atoms with Crippen LogP contribution in [0.2, 0.25) is 0 Å². The van der Waals surface area contributed by atoms with E-state index in [4.69, 9.17) is 4.74 Å². The first-order valence-corrected chi connectivity index (χ1v) is 11.4. The van der Waals surface area contributed by atoms with Crippen molar-refractivity contribution in [1.29, 1.82) is 0 Å². The molecule has 8 nitrogen and oxygen atoms in total. The van der Waals surface area contributed by atoms with Crippen molar-refractivity contribution in [3.05, 3.63) is 16.3 Å². The Morgan fingerprint density at radius 2 is 2.07 bits per heavy atom. The fraction of sp³-hybridized carbons (Fsp3) is 0.857. The number of ether oxygens (including phenoxy) is 1. The summed E-state index contributed by atoms with van der Waals surface area (Å²) in [6.07, 6.45) is 10.2. The highest BCUT2D eigenvalue weighted by Gasteiger charge is 2.33. The summed E-state index contributed by atoms with van der Waals surface area (Å²) in [5.41, 5.74) is 0.370. The molecule has 1 aromatic heterocycles. The first kappa shape index (κ1) is 21.9. The Kier molecular flexibility index (Phi) is 8.15. The van der Waals surface area contributed by atoms with Crippen LogP contribution in [0.15, 0.2) is 9.79 Å². The highest BCUT2D eigenvalue weighted by Crippen LogP contribution is 2.40. The van der Waals surface area contributed by atoms with Crippen LogP contribution in [0.25, 0.3) is 0 Å². The molecular weight excluding hydrogens is 368 g/mol. The van der Waals surface area contributed by atoms with Gasteiger partial charge in [0.05, 0.1) is 0 Å². The quantitative estimate of drug-likeness (QED) is 0.352. The van der Waals surface area contributed by atoms with Gasteiger partial charge in [0.25, 0.3) is 0 Å². The molecule has 2 heterocycles. The molecule has 1 aliphatic carbocycles. The SMILES string of the molecule is CCOCCC1(CNC(=NC)NCCCn2nc3n(c2=O)CCCC3)CCCC1. The van der Waals surface area contributed by atoms with Crippen molar-refractivity contribution in [3.63, 3.8) is 0 Å². The predicted octanol–water partition coefficient (Wildman–Crippen LogP) is 1.92. The lowest BCUT2D eigenvalue weighted by Gasteiger charge is -2.30. The van der Waals surface area contributed by atoms with Crippen molar-refractivity contribution in [1.82, 2.24) is 25.0 Å². The Hall–Kier alpha value is -1.83. The van der Waals surface area contributed by atoms with Gasteiger partial charge < -0.3 is 15.4 Å². The van der Waals surface area contributed by atoms with Gasteiger partial charge >= 0.3 is 5.69 Å². The summed E-state index contributed by atoms with van der Waals surface area (Å²) in [6.45, 7) is 6.84. The Morgan fingerprint density at radius 3 is 2.79 bits per heavy atom. The second-order valence-corrected chi connectivity index (χ2v) is 8.39. The van der Waals surface area contributed by atoms with Gasteiger partial charge in [-0.3, -0.25) is 9.56 Å². The summed E-state index contributed by atoms with van der Waals surface area (Å²) < 4.78 is 9.06. The molecule has 0 atom stereocenters. The fourth-order valence-corrected chi connectivity index (χ4v) is 4.59. The number of hydrogen-bond donors (Lipinski definition) is 2. The molecular formula is C21H38N6O2. The number of guanidine groups is 1. The average Bonchev–Trinajstić information content (AvgIpc) is 3.33. The first-order valence-electron chi connectivity index (χ1n) is 11.4. The maximum Gasteiger partial charge on any atom is 0.345 e. The minimum Gasteiger partial charge on any atom is -0.382 e.